The molecule has 0 aliphatic heterocycles. The van der Waals surface area contributed by atoms with Gasteiger partial charge in [0.25, 0.3) is 0 Å². The zero-order valence-electron chi connectivity index (χ0n) is 10.7. The van der Waals surface area contributed by atoms with Crippen LogP contribution in [0.2, 0.25) is 5.02 Å². The molecular formula is C16H17ClFN. The average molecular weight is 278 g/mol. The van der Waals surface area contributed by atoms with Crippen molar-refractivity contribution in [3.63, 3.8) is 0 Å². The second kappa shape index (κ2) is 7.27. The quantitative estimate of drug-likeness (QED) is 0.780. The highest BCUT2D eigenvalue weighted by atomic mass is 35.5. The molecule has 1 nitrogen and oxygen atoms in total. The minimum absolute atomic E-state index is 0.220. The molecule has 0 aliphatic rings. The van der Waals surface area contributed by atoms with E-state index in [1.54, 1.807) is 6.07 Å². The lowest BCUT2D eigenvalue weighted by Crippen LogP contribution is -2.15. The maximum atomic E-state index is 13.2. The van der Waals surface area contributed by atoms with Gasteiger partial charge in [0.15, 0.2) is 0 Å². The van der Waals surface area contributed by atoms with Crippen molar-refractivity contribution in [3.8, 4) is 0 Å². The lowest BCUT2D eigenvalue weighted by Gasteiger charge is -2.07. The second-order valence-corrected chi connectivity index (χ2v) is 4.86. The van der Waals surface area contributed by atoms with Gasteiger partial charge in [-0.1, -0.05) is 54.1 Å². The number of hydrogen-bond acceptors (Lipinski definition) is 1. The van der Waals surface area contributed by atoms with Gasteiger partial charge in [0.2, 0.25) is 0 Å². The van der Waals surface area contributed by atoms with Gasteiger partial charge < -0.3 is 5.32 Å². The van der Waals surface area contributed by atoms with Crippen molar-refractivity contribution in [2.24, 2.45) is 0 Å². The van der Waals surface area contributed by atoms with E-state index < -0.39 is 0 Å². The Kier molecular flexibility index (Phi) is 5.37. The molecule has 0 fully saturated rings. The molecule has 2 aromatic rings. The third-order valence-electron chi connectivity index (χ3n) is 3.01. The number of nitrogens with one attached hydrogen (secondary N) is 1. The maximum Gasteiger partial charge on any atom is 0.142 e. The fourth-order valence-electron chi connectivity index (χ4n) is 1.97. The minimum Gasteiger partial charge on any atom is -0.313 e. The van der Waals surface area contributed by atoms with E-state index in [0.717, 1.165) is 24.9 Å². The van der Waals surface area contributed by atoms with Crippen LogP contribution in [-0.4, -0.2) is 6.54 Å². The maximum absolute atomic E-state index is 13.2. The molecular weight excluding hydrogens is 261 g/mol. The molecule has 2 rings (SSSR count). The van der Waals surface area contributed by atoms with E-state index in [1.807, 2.05) is 12.1 Å². The van der Waals surface area contributed by atoms with Gasteiger partial charge in [-0.05, 0) is 36.6 Å². The van der Waals surface area contributed by atoms with Crippen molar-refractivity contribution in [3.05, 3.63) is 70.5 Å². The van der Waals surface area contributed by atoms with Crippen molar-refractivity contribution >= 4 is 11.6 Å². The average Bonchev–Trinajstić information content (AvgIpc) is 2.44. The first-order chi connectivity index (χ1) is 9.27. The van der Waals surface area contributed by atoms with E-state index in [1.165, 1.54) is 11.6 Å². The lowest BCUT2D eigenvalue weighted by atomic mass is 10.1. The zero-order chi connectivity index (χ0) is 13.5. The first-order valence-electron chi connectivity index (χ1n) is 6.45. The Morgan fingerprint density at radius 1 is 1.00 bits per heavy atom. The summed E-state index contributed by atoms with van der Waals surface area (Å²) in [5, 5.41) is 3.51. The van der Waals surface area contributed by atoms with Gasteiger partial charge in [0.1, 0.15) is 5.82 Å². The summed E-state index contributed by atoms with van der Waals surface area (Å²) in [5.41, 5.74) is 2.15. The monoisotopic (exact) mass is 277 g/mol. The topological polar surface area (TPSA) is 12.0 Å². The standard InChI is InChI=1S/C16H17ClFN/c17-16-14(9-4-10-15(16)18)12-19-11-5-8-13-6-2-1-3-7-13/h1-4,6-7,9-10,19H,5,8,11-12H2. The fraction of sp³-hybridized carbons (Fsp3) is 0.250. The van der Waals surface area contributed by atoms with Crippen LogP contribution in [-0.2, 0) is 13.0 Å². The minimum atomic E-state index is -0.356. The Morgan fingerprint density at radius 2 is 1.79 bits per heavy atom. The van der Waals surface area contributed by atoms with Crippen LogP contribution in [0.4, 0.5) is 4.39 Å². The van der Waals surface area contributed by atoms with Gasteiger partial charge in [0.05, 0.1) is 5.02 Å². The third kappa shape index (κ3) is 4.34. The van der Waals surface area contributed by atoms with Gasteiger partial charge in [-0.3, -0.25) is 0 Å². The molecule has 0 unspecified atom stereocenters. The summed E-state index contributed by atoms with van der Waals surface area (Å²) in [6, 6.07) is 15.3. The van der Waals surface area contributed by atoms with Crippen LogP contribution in [0.15, 0.2) is 48.5 Å². The normalized spacial score (nSPS) is 10.6. The molecule has 0 heterocycles. The highest BCUT2D eigenvalue weighted by Crippen LogP contribution is 2.19. The molecule has 2 aromatic carbocycles. The highest BCUT2D eigenvalue weighted by molar-refractivity contribution is 6.31. The first-order valence-corrected chi connectivity index (χ1v) is 6.82. The molecule has 0 spiro atoms. The van der Waals surface area contributed by atoms with Gasteiger partial charge in [-0.25, -0.2) is 4.39 Å². The van der Waals surface area contributed by atoms with Crippen LogP contribution in [0.5, 0.6) is 0 Å². The molecule has 0 aromatic heterocycles. The Bertz CT molecular complexity index is 513. The van der Waals surface area contributed by atoms with Gasteiger partial charge in [-0.2, -0.15) is 0 Å². The van der Waals surface area contributed by atoms with E-state index in [4.69, 9.17) is 11.6 Å². The molecule has 0 aliphatic carbocycles. The van der Waals surface area contributed by atoms with Crippen LogP contribution < -0.4 is 5.32 Å². The Balaban J connectivity index is 1.71. The molecule has 0 saturated heterocycles. The Morgan fingerprint density at radius 3 is 2.58 bits per heavy atom. The van der Waals surface area contributed by atoms with E-state index in [0.29, 0.717) is 6.54 Å². The van der Waals surface area contributed by atoms with Gasteiger partial charge in [0, 0.05) is 6.54 Å². The predicted octanol–water partition coefficient (Wildman–Crippen LogP) is 4.20. The molecule has 0 bridgehead atoms. The van der Waals surface area contributed by atoms with Crippen LogP contribution in [0, 0.1) is 5.82 Å². The van der Waals surface area contributed by atoms with Gasteiger partial charge >= 0.3 is 0 Å². The van der Waals surface area contributed by atoms with Gasteiger partial charge in [-0.15, -0.1) is 0 Å². The van der Waals surface area contributed by atoms with Crippen LogP contribution in [0.3, 0.4) is 0 Å². The second-order valence-electron chi connectivity index (χ2n) is 4.48. The van der Waals surface area contributed by atoms with Crippen molar-refractivity contribution in [1.82, 2.24) is 5.32 Å². The largest absolute Gasteiger partial charge is 0.313 e. The zero-order valence-corrected chi connectivity index (χ0v) is 11.5. The summed E-state index contributed by atoms with van der Waals surface area (Å²) in [6.45, 7) is 1.49. The molecule has 100 valence electrons. The van der Waals surface area contributed by atoms with Crippen molar-refractivity contribution < 1.29 is 4.39 Å². The Hall–Kier alpha value is -1.38. The van der Waals surface area contributed by atoms with Crippen molar-refractivity contribution in [2.75, 3.05) is 6.54 Å². The molecule has 0 amide bonds. The number of hydrogen-bond donors (Lipinski definition) is 1. The predicted molar refractivity (Wildman–Crippen MR) is 77.9 cm³/mol. The summed E-state index contributed by atoms with van der Waals surface area (Å²) in [6.07, 6.45) is 2.10. The van der Waals surface area contributed by atoms with Crippen molar-refractivity contribution in [2.45, 2.75) is 19.4 Å². The number of rotatable bonds is 6. The van der Waals surface area contributed by atoms with Crippen molar-refractivity contribution in [1.29, 1.82) is 0 Å². The van der Waals surface area contributed by atoms with E-state index in [-0.39, 0.29) is 10.8 Å². The molecule has 0 radical (unpaired) electrons. The van der Waals surface area contributed by atoms with E-state index >= 15 is 0 Å². The fourth-order valence-corrected chi connectivity index (χ4v) is 2.16. The molecule has 19 heavy (non-hydrogen) atoms. The lowest BCUT2D eigenvalue weighted by molar-refractivity contribution is 0.616. The van der Waals surface area contributed by atoms with Crippen LogP contribution in [0.1, 0.15) is 17.5 Å². The SMILES string of the molecule is Fc1cccc(CNCCCc2ccccc2)c1Cl. The smallest absolute Gasteiger partial charge is 0.142 e. The summed E-state index contributed by atoms with van der Waals surface area (Å²) < 4.78 is 13.2. The summed E-state index contributed by atoms with van der Waals surface area (Å²) in [4.78, 5) is 0. The van der Waals surface area contributed by atoms with Crippen LogP contribution >= 0.6 is 11.6 Å². The van der Waals surface area contributed by atoms with E-state index in [9.17, 15) is 4.39 Å². The molecule has 1 N–H and O–H groups in total. The third-order valence-corrected chi connectivity index (χ3v) is 3.43. The summed E-state index contributed by atoms with van der Waals surface area (Å²) >= 11 is 5.89. The first kappa shape index (κ1) is 14.0. The number of aryl methyl sites for hydroxylation is 1. The highest BCUT2D eigenvalue weighted by Gasteiger charge is 2.04. The molecule has 0 saturated carbocycles. The molecule has 0 atom stereocenters. The van der Waals surface area contributed by atoms with E-state index in [2.05, 4.69) is 29.6 Å². The van der Waals surface area contributed by atoms with Crippen LogP contribution in [0.25, 0.3) is 0 Å². The number of halogens is 2. The molecule has 3 heteroatoms. The Labute approximate surface area is 118 Å². The summed E-state index contributed by atoms with van der Waals surface area (Å²) in [7, 11) is 0. The number of benzene rings is 2. The summed E-state index contributed by atoms with van der Waals surface area (Å²) in [5.74, 6) is -0.356.